The summed E-state index contributed by atoms with van der Waals surface area (Å²) in [5, 5.41) is 9.79. The fourth-order valence-corrected chi connectivity index (χ4v) is 3.19. The van der Waals surface area contributed by atoms with Crippen LogP contribution in [-0.2, 0) is 11.2 Å². The SMILES string of the molecule is C=C/C=C(\C=C)CN1CCC(Cc2ccccc2)(C(=O)O)CC1. The van der Waals surface area contributed by atoms with Crippen molar-refractivity contribution in [2.24, 2.45) is 5.41 Å². The summed E-state index contributed by atoms with van der Waals surface area (Å²) in [6, 6.07) is 9.93. The molecular formula is C20H25NO2. The van der Waals surface area contributed by atoms with E-state index in [0.29, 0.717) is 19.3 Å². The van der Waals surface area contributed by atoms with Crippen molar-refractivity contribution in [3.63, 3.8) is 0 Å². The van der Waals surface area contributed by atoms with Crippen LogP contribution in [0.3, 0.4) is 0 Å². The van der Waals surface area contributed by atoms with Crippen molar-refractivity contribution in [1.82, 2.24) is 4.90 Å². The van der Waals surface area contributed by atoms with E-state index in [2.05, 4.69) is 18.1 Å². The second-order valence-electron chi connectivity index (χ2n) is 6.21. The first-order valence-corrected chi connectivity index (χ1v) is 8.03. The maximum absolute atomic E-state index is 11.9. The molecule has 3 nitrogen and oxygen atoms in total. The lowest BCUT2D eigenvalue weighted by Gasteiger charge is -2.39. The van der Waals surface area contributed by atoms with Gasteiger partial charge < -0.3 is 5.11 Å². The number of nitrogens with zero attached hydrogens (tertiary/aromatic N) is 1. The van der Waals surface area contributed by atoms with Crippen molar-refractivity contribution in [1.29, 1.82) is 0 Å². The summed E-state index contributed by atoms with van der Waals surface area (Å²) in [5.74, 6) is -0.674. The first-order valence-electron chi connectivity index (χ1n) is 8.03. The van der Waals surface area contributed by atoms with E-state index in [0.717, 1.165) is 30.8 Å². The summed E-state index contributed by atoms with van der Waals surface area (Å²) in [7, 11) is 0. The van der Waals surface area contributed by atoms with E-state index in [1.54, 1.807) is 6.08 Å². The van der Waals surface area contributed by atoms with Crippen molar-refractivity contribution in [3.05, 3.63) is 72.9 Å². The smallest absolute Gasteiger partial charge is 0.310 e. The van der Waals surface area contributed by atoms with Crippen molar-refractivity contribution in [3.8, 4) is 0 Å². The molecule has 3 heteroatoms. The van der Waals surface area contributed by atoms with Gasteiger partial charge in [-0.25, -0.2) is 0 Å². The van der Waals surface area contributed by atoms with Crippen LogP contribution in [-0.4, -0.2) is 35.6 Å². The number of carbonyl (C=O) groups is 1. The number of likely N-dealkylation sites (tertiary alicyclic amines) is 1. The number of rotatable bonds is 7. The molecule has 1 fully saturated rings. The molecule has 1 aromatic carbocycles. The average Bonchev–Trinajstić information content (AvgIpc) is 2.57. The number of allylic oxidation sites excluding steroid dienone is 2. The minimum atomic E-state index is -0.674. The molecule has 0 aliphatic carbocycles. The summed E-state index contributed by atoms with van der Waals surface area (Å²) in [4.78, 5) is 14.2. The van der Waals surface area contributed by atoms with E-state index in [1.165, 1.54) is 0 Å². The van der Waals surface area contributed by atoms with Gasteiger partial charge in [-0.05, 0) is 43.5 Å². The highest BCUT2D eigenvalue weighted by Gasteiger charge is 2.41. The monoisotopic (exact) mass is 311 g/mol. The van der Waals surface area contributed by atoms with Crippen LogP contribution in [0.1, 0.15) is 18.4 Å². The first-order chi connectivity index (χ1) is 11.1. The third-order valence-corrected chi connectivity index (χ3v) is 4.65. The van der Waals surface area contributed by atoms with E-state index in [1.807, 2.05) is 42.5 Å². The Hall–Kier alpha value is -2.13. The van der Waals surface area contributed by atoms with Crippen molar-refractivity contribution in [2.75, 3.05) is 19.6 Å². The van der Waals surface area contributed by atoms with Gasteiger partial charge in [-0.2, -0.15) is 0 Å². The van der Waals surface area contributed by atoms with Gasteiger partial charge in [-0.3, -0.25) is 9.69 Å². The van der Waals surface area contributed by atoms with Crippen LogP contribution < -0.4 is 0 Å². The van der Waals surface area contributed by atoms with Gasteiger partial charge in [-0.15, -0.1) is 0 Å². The Labute approximate surface area is 138 Å². The lowest BCUT2D eigenvalue weighted by Crippen LogP contribution is -2.46. The molecule has 0 atom stereocenters. The fraction of sp³-hybridized carbons (Fsp3) is 0.350. The molecule has 0 unspecified atom stereocenters. The number of aliphatic carboxylic acids is 1. The van der Waals surface area contributed by atoms with Crippen LogP contribution >= 0.6 is 0 Å². The van der Waals surface area contributed by atoms with Crippen LogP contribution in [0.5, 0.6) is 0 Å². The molecular weight excluding hydrogens is 286 g/mol. The minimum absolute atomic E-state index is 0.605. The van der Waals surface area contributed by atoms with Crippen LogP contribution in [0.4, 0.5) is 0 Å². The lowest BCUT2D eigenvalue weighted by atomic mass is 9.74. The Morgan fingerprint density at radius 3 is 2.39 bits per heavy atom. The molecule has 1 aromatic rings. The number of hydrogen-bond donors (Lipinski definition) is 1. The van der Waals surface area contributed by atoms with Gasteiger partial charge >= 0.3 is 5.97 Å². The quantitative estimate of drug-likeness (QED) is 0.781. The molecule has 0 bridgehead atoms. The van der Waals surface area contributed by atoms with E-state index < -0.39 is 11.4 Å². The topological polar surface area (TPSA) is 40.5 Å². The van der Waals surface area contributed by atoms with Crippen LogP contribution in [0.25, 0.3) is 0 Å². The Kier molecular flexibility index (Phi) is 5.94. The molecule has 0 aromatic heterocycles. The molecule has 122 valence electrons. The highest BCUT2D eigenvalue weighted by atomic mass is 16.4. The molecule has 0 spiro atoms. The Bertz CT molecular complexity index is 581. The summed E-state index contributed by atoms with van der Waals surface area (Å²) in [6.07, 6.45) is 7.51. The summed E-state index contributed by atoms with van der Waals surface area (Å²) >= 11 is 0. The van der Waals surface area contributed by atoms with Gasteiger partial charge in [0.2, 0.25) is 0 Å². The average molecular weight is 311 g/mol. The molecule has 0 radical (unpaired) electrons. The first kappa shape index (κ1) is 17.2. The number of benzene rings is 1. The van der Waals surface area contributed by atoms with Gasteiger partial charge in [0.25, 0.3) is 0 Å². The third kappa shape index (κ3) is 4.42. The van der Waals surface area contributed by atoms with Gasteiger partial charge in [0.1, 0.15) is 0 Å². The van der Waals surface area contributed by atoms with E-state index >= 15 is 0 Å². The third-order valence-electron chi connectivity index (χ3n) is 4.65. The molecule has 1 N–H and O–H groups in total. The molecule has 1 aliphatic rings. The largest absolute Gasteiger partial charge is 0.481 e. The van der Waals surface area contributed by atoms with Crippen LogP contribution in [0.15, 0.2) is 67.3 Å². The maximum Gasteiger partial charge on any atom is 0.310 e. The van der Waals surface area contributed by atoms with Crippen molar-refractivity contribution in [2.45, 2.75) is 19.3 Å². The predicted molar refractivity (Wildman–Crippen MR) is 94.4 cm³/mol. The van der Waals surface area contributed by atoms with Gasteiger partial charge in [0.15, 0.2) is 0 Å². The Morgan fingerprint density at radius 2 is 1.87 bits per heavy atom. The normalized spacial score (nSPS) is 18.3. The maximum atomic E-state index is 11.9. The van der Waals surface area contributed by atoms with Gasteiger partial charge in [0.05, 0.1) is 5.41 Å². The second-order valence-corrected chi connectivity index (χ2v) is 6.21. The molecule has 1 heterocycles. The van der Waals surface area contributed by atoms with Crippen LogP contribution in [0, 0.1) is 5.41 Å². The molecule has 1 aliphatic heterocycles. The predicted octanol–water partition coefficient (Wildman–Crippen LogP) is 3.69. The van der Waals surface area contributed by atoms with E-state index in [4.69, 9.17) is 0 Å². The highest BCUT2D eigenvalue weighted by Crippen LogP contribution is 2.35. The lowest BCUT2D eigenvalue weighted by molar-refractivity contribution is -0.152. The minimum Gasteiger partial charge on any atom is -0.481 e. The Morgan fingerprint density at radius 1 is 1.22 bits per heavy atom. The van der Waals surface area contributed by atoms with Crippen molar-refractivity contribution < 1.29 is 9.90 Å². The van der Waals surface area contributed by atoms with Gasteiger partial charge in [0, 0.05) is 6.54 Å². The van der Waals surface area contributed by atoms with Crippen molar-refractivity contribution >= 4 is 5.97 Å². The van der Waals surface area contributed by atoms with E-state index in [-0.39, 0.29) is 0 Å². The Balaban J connectivity index is 2.03. The molecule has 1 saturated heterocycles. The fourth-order valence-electron chi connectivity index (χ4n) is 3.19. The molecule has 0 saturated carbocycles. The zero-order chi connectivity index (χ0) is 16.7. The molecule has 2 rings (SSSR count). The number of piperidine rings is 1. The van der Waals surface area contributed by atoms with Gasteiger partial charge in [-0.1, -0.05) is 61.7 Å². The highest BCUT2D eigenvalue weighted by molar-refractivity contribution is 5.75. The summed E-state index contributed by atoms with van der Waals surface area (Å²) in [6.45, 7) is 9.92. The van der Waals surface area contributed by atoms with Crippen LogP contribution in [0.2, 0.25) is 0 Å². The zero-order valence-electron chi connectivity index (χ0n) is 13.6. The number of hydrogen-bond acceptors (Lipinski definition) is 2. The summed E-state index contributed by atoms with van der Waals surface area (Å²) in [5.41, 5.74) is 1.57. The zero-order valence-corrected chi connectivity index (χ0v) is 13.6. The molecule has 0 amide bonds. The van der Waals surface area contributed by atoms with E-state index in [9.17, 15) is 9.90 Å². The second kappa shape index (κ2) is 7.93. The number of carboxylic acids is 1. The standard InChI is InChI=1S/C20H25NO2/c1-3-8-17(4-2)16-21-13-11-20(12-14-21,19(22)23)15-18-9-6-5-7-10-18/h3-10H,1-2,11-16H2,(H,22,23)/b17-8+. The molecule has 23 heavy (non-hydrogen) atoms. The number of carboxylic acid groups (broad SMARTS) is 1. The summed E-state index contributed by atoms with van der Waals surface area (Å²) < 4.78 is 0.